The van der Waals surface area contributed by atoms with Gasteiger partial charge in [-0.25, -0.2) is 0 Å². The van der Waals surface area contributed by atoms with E-state index in [0.29, 0.717) is 26.1 Å². The molecule has 0 saturated carbocycles. The number of aryl methyl sites for hydroxylation is 1. The van der Waals surface area contributed by atoms with Crippen molar-refractivity contribution in [3.05, 3.63) is 68.7 Å². The van der Waals surface area contributed by atoms with Crippen LogP contribution in [-0.4, -0.2) is 19.1 Å². The van der Waals surface area contributed by atoms with E-state index < -0.39 is 5.41 Å². The van der Waals surface area contributed by atoms with Crippen molar-refractivity contribution in [2.75, 3.05) is 13.2 Å². The van der Waals surface area contributed by atoms with Crippen LogP contribution < -0.4 is 5.32 Å². The van der Waals surface area contributed by atoms with Gasteiger partial charge in [-0.3, -0.25) is 4.79 Å². The Hall–Kier alpha value is -1.36. The lowest BCUT2D eigenvalue weighted by molar-refractivity contribution is -0.131. The van der Waals surface area contributed by atoms with E-state index >= 15 is 0 Å². The molecule has 26 heavy (non-hydrogen) atoms. The molecule has 0 aromatic heterocycles. The standard InChI is InChI=1S/C21H21BrClNO2/c22-16-4-2-15(3-5-16)21(9-11-26-12-10-21)20(25)24-19-8-1-14-13-17(23)6-7-18(14)19/h2-7,13,19H,1,8-12H2,(H,24,25). The first kappa shape index (κ1) is 18.0. The highest BCUT2D eigenvalue weighted by Gasteiger charge is 2.43. The normalized spacial score (nSPS) is 21.2. The summed E-state index contributed by atoms with van der Waals surface area (Å²) in [5.74, 6) is 0.107. The fourth-order valence-corrected chi connectivity index (χ4v) is 4.63. The van der Waals surface area contributed by atoms with E-state index in [9.17, 15) is 4.79 Å². The Kier molecular flexibility index (Phi) is 5.09. The van der Waals surface area contributed by atoms with Gasteiger partial charge in [0.25, 0.3) is 0 Å². The molecule has 0 spiro atoms. The Morgan fingerprint density at radius 2 is 1.88 bits per heavy atom. The van der Waals surface area contributed by atoms with Gasteiger partial charge in [0, 0.05) is 22.7 Å². The van der Waals surface area contributed by atoms with Crippen molar-refractivity contribution in [2.45, 2.75) is 37.1 Å². The number of carbonyl (C=O) groups excluding carboxylic acids is 1. The summed E-state index contributed by atoms with van der Waals surface area (Å²) in [6.45, 7) is 1.22. The molecule has 2 aromatic rings. The largest absolute Gasteiger partial charge is 0.381 e. The van der Waals surface area contributed by atoms with Gasteiger partial charge >= 0.3 is 0 Å². The van der Waals surface area contributed by atoms with Gasteiger partial charge in [0.2, 0.25) is 5.91 Å². The predicted octanol–water partition coefficient (Wildman–Crippen LogP) is 4.95. The number of amides is 1. The lowest BCUT2D eigenvalue weighted by Crippen LogP contribution is -2.48. The van der Waals surface area contributed by atoms with E-state index in [2.05, 4.69) is 33.4 Å². The summed E-state index contributed by atoms with van der Waals surface area (Å²) in [7, 11) is 0. The molecule has 1 saturated heterocycles. The van der Waals surface area contributed by atoms with Crippen LogP contribution in [-0.2, 0) is 21.4 Å². The number of carbonyl (C=O) groups is 1. The molecule has 2 aromatic carbocycles. The van der Waals surface area contributed by atoms with Crippen LogP contribution in [0.4, 0.5) is 0 Å². The number of ether oxygens (including phenoxy) is 1. The van der Waals surface area contributed by atoms with Gasteiger partial charge < -0.3 is 10.1 Å². The number of benzene rings is 2. The molecule has 136 valence electrons. The highest BCUT2D eigenvalue weighted by molar-refractivity contribution is 9.10. The summed E-state index contributed by atoms with van der Waals surface area (Å²) in [5, 5.41) is 4.08. The van der Waals surface area contributed by atoms with Crippen molar-refractivity contribution in [3.63, 3.8) is 0 Å². The highest BCUT2D eigenvalue weighted by Crippen LogP contribution is 2.38. The second kappa shape index (κ2) is 7.34. The van der Waals surface area contributed by atoms with Crippen LogP contribution in [0.3, 0.4) is 0 Å². The first-order valence-corrected chi connectivity index (χ1v) is 10.2. The van der Waals surface area contributed by atoms with Crippen LogP contribution in [0.5, 0.6) is 0 Å². The summed E-state index contributed by atoms with van der Waals surface area (Å²) in [6.07, 6.45) is 3.30. The van der Waals surface area contributed by atoms with E-state index in [1.165, 1.54) is 11.1 Å². The summed E-state index contributed by atoms with van der Waals surface area (Å²) < 4.78 is 6.57. The quantitative estimate of drug-likeness (QED) is 0.742. The van der Waals surface area contributed by atoms with E-state index in [1.54, 1.807) is 0 Å². The summed E-state index contributed by atoms with van der Waals surface area (Å²) in [5.41, 5.74) is 2.98. The van der Waals surface area contributed by atoms with Crippen molar-refractivity contribution in [1.82, 2.24) is 5.32 Å². The molecule has 1 unspecified atom stereocenters. The zero-order valence-electron chi connectivity index (χ0n) is 14.4. The van der Waals surface area contributed by atoms with E-state index in [1.807, 2.05) is 30.3 Å². The molecule has 1 aliphatic carbocycles. The third-order valence-electron chi connectivity index (χ3n) is 5.67. The molecule has 1 N–H and O–H groups in total. The molecule has 5 heteroatoms. The van der Waals surface area contributed by atoms with Crippen molar-refractivity contribution in [2.24, 2.45) is 0 Å². The minimum Gasteiger partial charge on any atom is -0.381 e. The van der Waals surface area contributed by atoms with Crippen molar-refractivity contribution in [3.8, 4) is 0 Å². The molecule has 1 atom stereocenters. The number of halogens is 2. The molecule has 1 amide bonds. The zero-order valence-corrected chi connectivity index (χ0v) is 16.8. The first-order valence-electron chi connectivity index (χ1n) is 9.02. The maximum atomic E-state index is 13.4. The van der Waals surface area contributed by atoms with Gasteiger partial charge in [-0.05, 0) is 66.6 Å². The SMILES string of the molecule is O=C(NC1CCc2cc(Cl)ccc21)C1(c2ccc(Br)cc2)CCOCC1. The lowest BCUT2D eigenvalue weighted by Gasteiger charge is -2.37. The number of hydrogen-bond acceptors (Lipinski definition) is 2. The van der Waals surface area contributed by atoms with Gasteiger partial charge in [-0.2, -0.15) is 0 Å². The Balaban J connectivity index is 1.61. The van der Waals surface area contributed by atoms with Crippen LogP contribution in [0, 0.1) is 0 Å². The monoisotopic (exact) mass is 433 g/mol. The maximum Gasteiger partial charge on any atom is 0.231 e. The van der Waals surface area contributed by atoms with Gasteiger partial charge in [-0.15, -0.1) is 0 Å². The molecule has 1 heterocycles. The summed E-state index contributed by atoms with van der Waals surface area (Å²) in [4.78, 5) is 13.4. The average molecular weight is 435 g/mol. The minimum absolute atomic E-state index is 0.0601. The predicted molar refractivity (Wildman–Crippen MR) is 107 cm³/mol. The van der Waals surface area contributed by atoms with E-state index in [4.69, 9.17) is 16.3 Å². The van der Waals surface area contributed by atoms with Crippen LogP contribution in [0.15, 0.2) is 46.9 Å². The minimum atomic E-state index is -0.520. The fourth-order valence-electron chi connectivity index (χ4n) is 4.17. The molecule has 3 nitrogen and oxygen atoms in total. The molecule has 1 fully saturated rings. The van der Waals surface area contributed by atoms with Crippen LogP contribution in [0.1, 0.15) is 42.0 Å². The van der Waals surface area contributed by atoms with Crippen LogP contribution >= 0.6 is 27.5 Å². The average Bonchev–Trinajstić information content (AvgIpc) is 3.04. The number of nitrogens with one attached hydrogen (secondary N) is 1. The maximum absolute atomic E-state index is 13.4. The van der Waals surface area contributed by atoms with Gasteiger partial charge in [-0.1, -0.05) is 45.7 Å². The van der Waals surface area contributed by atoms with Crippen molar-refractivity contribution in [1.29, 1.82) is 0 Å². The van der Waals surface area contributed by atoms with Gasteiger partial charge in [0.05, 0.1) is 11.5 Å². The van der Waals surface area contributed by atoms with E-state index in [-0.39, 0.29) is 11.9 Å². The molecule has 2 aliphatic rings. The number of rotatable bonds is 3. The molecule has 1 aliphatic heterocycles. The molecular weight excluding hydrogens is 414 g/mol. The second-order valence-corrected chi connectivity index (χ2v) is 8.46. The zero-order chi connectivity index (χ0) is 18.1. The Labute approximate surface area is 167 Å². The third-order valence-corrected chi connectivity index (χ3v) is 6.43. The Bertz CT molecular complexity index is 815. The van der Waals surface area contributed by atoms with Gasteiger partial charge in [0.1, 0.15) is 0 Å². The van der Waals surface area contributed by atoms with Crippen LogP contribution in [0.2, 0.25) is 5.02 Å². The Morgan fingerprint density at radius 1 is 1.15 bits per heavy atom. The van der Waals surface area contributed by atoms with Crippen molar-refractivity contribution < 1.29 is 9.53 Å². The number of hydrogen-bond donors (Lipinski definition) is 1. The van der Waals surface area contributed by atoms with Crippen molar-refractivity contribution >= 4 is 33.4 Å². The summed E-state index contributed by atoms with van der Waals surface area (Å²) in [6, 6.07) is 14.1. The smallest absolute Gasteiger partial charge is 0.231 e. The molecule has 0 radical (unpaired) electrons. The topological polar surface area (TPSA) is 38.3 Å². The second-order valence-electron chi connectivity index (χ2n) is 7.11. The Morgan fingerprint density at radius 3 is 2.62 bits per heavy atom. The first-order chi connectivity index (χ1) is 12.6. The van der Waals surface area contributed by atoms with Gasteiger partial charge in [0.15, 0.2) is 0 Å². The summed E-state index contributed by atoms with van der Waals surface area (Å²) >= 11 is 9.59. The molecular formula is C21H21BrClNO2. The van der Waals surface area contributed by atoms with E-state index in [0.717, 1.165) is 27.9 Å². The highest BCUT2D eigenvalue weighted by atomic mass is 79.9. The lowest BCUT2D eigenvalue weighted by atomic mass is 9.73. The third kappa shape index (κ3) is 3.30. The van der Waals surface area contributed by atoms with Crippen LogP contribution in [0.25, 0.3) is 0 Å². The fraction of sp³-hybridized carbons (Fsp3) is 0.381. The molecule has 4 rings (SSSR count). The molecule has 0 bridgehead atoms. The number of fused-ring (bicyclic) bond motifs is 1.